The van der Waals surface area contributed by atoms with Crippen molar-refractivity contribution in [3.05, 3.63) is 66.6 Å². The van der Waals surface area contributed by atoms with Crippen LogP contribution in [0, 0.1) is 0 Å². The molecule has 6 nitrogen and oxygen atoms in total. The van der Waals surface area contributed by atoms with E-state index in [9.17, 15) is 8.78 Å². The van der Waals surface area contributed by atoms with Crippen LogP contribution in [0.15, 0.2) is 59.4 Å². The molecule has 26 heavy (non-hydrogen) atoms. The summed E-state index contributed by atoms with van der Waals surface area (Å²) in [6, 6.07) is 11.2. The number of hydrogen-bond acceptors (Lipinski definition) is 6. The summed E-state index contributed by atoms with van der Waals surface area (Å²) in [6.45, 7) is 0.238. The minimum absolute atomic E-state index is 0.00137. The van der Waals surface area contributed by atoms with Crippen LogP contribution in [-0.4, -0.2) is 20.2 Å². The van der Waals surface area contributed by atoms with Crippen LogP contribution in [0.4, 0.5) is 8.78 Å². The number of hydrogen-bond donors (Lipinski definition) is 0. The van der Waals surface area contributed by atoms with Crippen molar-refractivity contribution in [1.29, 1.82) is 0 Å². The standard InChI is InChI=1S/C18H12F2N4O2/c19-16(20)18-24-23-17(26-18)12-5-6-13(22-8-12)10-25-15-9-21-7-11-3-1-2-4-14(11)15/h1-9,16H,10H2. The lowest BCUT2D eigenvalue weighted by Gasteiger charge is -2.08. The van der Waals surface area contributed by atoms with Crippen LogP contribution in [0.25, 0.3) is 22.2 Å². The monoisotopic (exact) mass is 354 g/mol. The van der Waals surface area contributed by atoms with E-state index in [0.29, 0.717) is 17.0 Å². The third-order valence-electron chi connectivity index (χ3n) is 3.71. The number of rotatable bonds is 5. The van der Waals surface area contributed by atoms with Gasteiger partial charge < -0.3 is 9.15 Å². The van der Waals surface area contributed by atoms with Crippen molar-refractivity contribution in [2.75, 3.05) is 0 Å². The molecular weight excluding hydrogens is 342 g/mol. The number of ether oxygens (including phenoxy) is 1. The molecule has 0 radical (unpaired) electrons. The molecule has 0 aliphatic rings. The van der Waals surface area contributed by atoms with E-state index in [1.54, 1.807) is 24.5 Å². The van der Waals surface area contributed by atoms with Gasteiger partial charge in [-0.1, -0.05) is 24.3 Å². The van der Waals surface area contributed by atoms with Gasteiger partial charge in [0.05, 0.1) is 17.5 Å². The lowest BCUT2D eigenvalue weighted by molar-refractivity contribution is 0.116. The third-order valence-corrected chi connectivity index (χ3v) is 3.71. The number of nitrogens with zero attached hydrogens (tertiary/aromatic N) is 4. The fourth-order valence-electron chi connectivity index (χ4n) is 2.43. The maximum atomic E-state index is 12.5. The molecule has 0 saturated heterocycles. The van der Waals surface area contributed by atoms with Crippen molar-refractivity contribution >= 4 is 10.8 Å². The second kappa shape index (κ2) is 6.83. The molecule has 0 amide bonds. The van der Waals surface area contributed by atoms with Gasteiger partial charge in [-0.2, -0.15) is 8.78 Å². The first kappa shape index (κ1) is 16.1. The minimum Gasteiger partial charge on any atom is -0.485 e. The summed E-state index contributed by atoms with van der Waals surface area (Å²) < 4.78 is 35.7. The van der Waals surface area contributed by atoms with E-state index >= 15 is 0 Å². The highest BCUT2D eigenvalue weighted by atomic mass is 19.3. The largest absolute Gasteiger partial charge is 0.485 e. The van der Waals surface area contributed by atoms with Gasteiger partial charge >= 0.3 is 6.43 Å². The topological polar surface area (TPSA) is 73.9 Å². The van der Waals surface area contributed by atoms with Crippen molar-refractivity contribution < 1.29 is 17.9 Å². The number of benzene rings is 1. The molecule has 0 N–H and O–H groups in total. The van der Waals surface area contributed by atoms with Gasteiger partial charge in [0.25, 0.3) is 5.89 Å². The van der Waals surface area contributed by atoms with Crippen LogP contribution in [0.2, 0.25) is 0 Å². The Kier molecular flexibility index (Phi) is 4.22. The van der Waals surface area contributed by atoms with Crippen LogP contribution in [-0.2, 0) is 6.61 Å². The first-order chi connectivity index (χ1) is 12.7. The smallest absolute Gasteiger partial charge is 0.314 e. The average Bonchev–Trinajstić information content (AvgIpc) is 3.17. The lowest BCUT2D eigenvalue weighted by atomic mass is 10.2. The van der Waals surface area contributed by atoms with Crippen molar-refractivity contribution in [2.24, 2.45) is 0 Å². The third kappa shape index (κ3) is 3.21. The summed E-state index contributed by atoms with van der Waals surface area (Å²) in [5, 5.41) is 8.83. The van der Waals surface area contributed by atoms with E-state index in [0.717, 1.165) is 10.8 Å². The van der Waals surface area contributed by atoms with Gasteiger partial charge in [0, 0.05) is 23.2 Å². The summed E-state index contributed by atoms with van der Waals surface area (Å²) >= 11 is 0. The molecule has 0 spiro atoms. The fourth-order valence-corrected chi connectivity index (χ4v) is 2.43. The van der Waals surface area contributed by atoms with Crippen molar-refractivity contribution in [3.8, 4) is 17.2 Å². The molecule has 0 bridgehead atoms. The number of alkyl halides is 2. The molecule has 3 heterocycles. The van der Waals surface area contributed by atoms with Crippen LogP contribution >= 0.6 is 0 Å². The molecule has 3 aromatic heterocycles. The van der Waals surface area contributed by atoms with Crippen LogP contribution in [0.5, 0.6) is 5.75 Å². The number of fused-ring (bicyclic) bond motifs is 1. The van der Waals surface area contributed by atoms with E-state index < -0.39 is 12.3 Å². The molecule has 1 aromatic carbocycles. The maximum absolute atomic E-state index is 12.5. The average molecular weight is 354 g/mol. The summed E-state index contributed by atoms with van der Waals surface area (Å²) in [7, 11) is 0. The molecule has 0 aliphatic heterocycles. The molecule has 0 aliphatic carbocycles. The fraction of sp³-hybridized carbons (Fsp3) is 0.111. The number of pyridine rings is 2. The van der Waals surface area contributed by atoms with Gasteiger partial charge in [0.1, 0.15) is 12.4 Å². The molecule has 0 fully saturated rings. The molecule has 0 atom stereocenters. The van der Waals surface area contributed by atoms with Gasteiger partial charge in [0.15, 0.2) is 0 Å². The van der Waals surface area contributed by atoms with Crippen LogP contribution < -0.4 is 4.74 Å². The Hall–Kier alpha value is -3.42. The van der Waals surface area contributed by atoms with Gasteiger partial charge in [-0.05, 0) is 12.1 Å². The Morgan fingerprint density at radius 3 is 2.65 bits per heavy atom. The number of aromatic nitrogens is 4. The predicted octanol–water partition coefficient (Wildman–Crippen LogP) is 4.20. The summed E-state index contributed by atoms with van der Waals surface area (Å²) in [4.78, 5) is 8.40. The van der Waals surface area contributed by atoms with E-state index in [2.05, 4.69) is 20.2 Å². The zero-order chi connectivity index (χ0) is 17.9. The van der Waals surface area contributed by atoms with Crippen molar-refractivity contribution in [3.63, 3.8) is 0 Å². The van der Waals surface area contributed by atoms with Gasteiger partial charge in [-0.15, -0.1) is 10.2 Å². The lowest BCUT2D eigenvalue weighted by Crippen LogP contribution is -1.99. The molecule has 0 unspecified atom stereocenters. The minimum atomic E-state index is -2.80. The van der Waals surface area contributed by atoms with Crippen molar-refractivity contribution in [1.82, 2.24) is 20.2 Å². The second-order valence-corrected chi connectivity index (χ2v) is 5.43. The quantitative estimate of drug-likeness (QED) is 0.535. The summed E-state index contributed by atoms with van der Waals surface area (Å²) in [5.41, 5.74) is 1.12. The second-order valence-electron chi connectivity index (χ2n) is 5.43. The highest BCUT2D eigenvalue weighted by molar-refractivity contribution is 5.87. The molecule has 0 saturated carbocycles. The first-order valence-electron chi connectivity index (χ1n) is 7.73. The Morgan fingerprint density at radius 2 is 1.88 bits per heavy atom. The van der Waals surface area contributed by atoms with Gasteiger partial charge in [-0.3, -0.25) is 9.97 Å². The van der Waals surface area contributed by atoms with Crippen LogP contribution in [0.3, 0.4) is 0 Å². The van der Waals surface area contributed by atoms with Gasteiger partial charge in [-0.25, -0.2) is 0 Å². The normalized spacial score (nSPS) is 11.2. The SMILES string of the molecule is FC(F)c1nnc(-c2ccc(COc3cncc4ccccc34)nc2)o1. The number of halogens is 2. The zero-order valence-electron chi connectivity index (χ0n) is 13.3. The summed E-state index contributed by atoms with van der Waals surface area (Å²) in [6.07, 6.45) is 2.10. The highest BCUT2D eigenvalue weighted by Gasteiger charge is 2.17. The predicted molar refractivity (Wildman–Crippen MR) is 88.6 cm³/mol. The molecule has 130 valence electrons. The van der Waals surface area contributed by atoms with E-state index in [4.69, 9.17) is 9.15 Å². The Bertz CT molecular complexity index is 1030. The molecule has 4 rings (SSSR count). The maximum Gasteiger partial charge on any atom is 0.314 e. The van der Waals surface area contributed by atoms with Crippen molar-refractivity contribution in [2.45, 2.75) is 13.0 Å². The van der Waals surface area contributed by atoms with Crippen LogP contribution in [0.1, 0.15) is 18.0 Å². The summed E-state index contributed by atoms with van der Waals surface area (Å²) in [5.74, 6) is -0.0539. The Labute approximate surface area is 146 Å². The van der Waals surface area contributed by atoms with E-state index in [1.807, 2.05) is 24.3 Å². The Balaban J connectivity index is 1.49. The Morgan fingerprint density at radius 1 is 1.00 bits per heavy atom. The van der Waals surface area contributed by atoms with E-state index in [-0.39, 0.29) is 12.5 Å². The van der Waals surface area contributed by atoms with Gasteiger partial charge in [0.2, 0.25) is 5.89 Å². The molecule has 8 heteroatoms. The first-order valence-corrected chi connectivity index (χ1v) is 7.73. The molecule has 4 aromatic rings. The van der Waals surface area contributed by atoms with E-state index in [1.165, 1.54) is 6.20 Å². The zero-order valence-corrected chi connectivity index (χ0v) is 13.3. The highest BCUT2D eigenvalue weighted by Crippen LogP contribution is 2.25. The molecular formula is C18H12F2N4O2.